The van der Waals surface area contributed by atoms with Crippen LogP contribution in [-0.4, -0.2) is 12.3 Å². The summed E-state index contributed by atoms with van der Waals surface area (Å²) in [6, 6.07) is 19.3. The van der Waals surface area contributed by atoms with Crippen LogP contribution in [0, 0.1) is 12.8 Å². The molecule has 0 amide bonds. The van der Waals surface area contributed by atoms with Gasteiger partial charge in [0.25, 0.3) is 0 Å². The SMILES string of the molecule is Cc1ccc2c(c1)C1=Nc3ccccc3S[C@H](c3coc4ccc(Cl)cc4c3=O)[C@H]1CO2. The quantitative estimate of drug-likeness (QED) is 0.316. The van der Waals surface area contributed by atoms with Gasteiger partial charge in [-0.1, -0.05) is 35.4 Å². The minimum absolute atomic E-state index is 0.0694. The maximum Gasteiger partial charge on any atom is 0.197 e. The predicted molar refractivity (Wildman–Crippen MR) is 129 cm³/mol. The lowest BCUT2D eigenvalue weighted by atomic mass is 9.87. The van der Waals surface area contributed by atoms with Crippen LogP contribution >= 0.6 is 23.4 Å². The Morgan fingerprint density at radius 1 is 1.09 bits per heavy atom. The average Bonchev–Trinajstić information content (AvgIpc) is 2.97. The molecule has 0 fully saturated rings. The van der Waals surface area contributed by atoms with Gasteiger partial charge in [0.1, 0.15) is 11.3 Å². The Balaban J connectivity index is 1.59. The molecule has 0 radical (unpaired) electrons. The van der Waals surface area contributed by atoms with Crippen LogP contribution in [0.2, 0.25) is 5.02 Å². The molecule has 0 bridgehead atoms. The summed E-state index contributed by atoms with van der Waals surface area (Å²) < 4.78 is 12.0. The number of aliphatic imine (C=N–C) groups is 1. The Kier molecular flexibility index (Phi) is 4.63. The molecule has 2 aliphatic heterocycles. The van der Waals surface area contributed by atoms with Gasteiger partial charge in [0.2, 0.25) is 0 Å². The number of para-hydroxylation sites is 1. The monoisotopic (exact) mass is 459 g/mol. The van der Waals surface area contributed by atoms with Crippen molar-refractivity contribution in [2.75, 3.05) is 6.61 Å². The summed E-state index contributed by atoms with van der Waals surface area (Å²) in [6.45, 7) is 2.50. The van der Waals surface area contributed by atoms with Gasteiger partial charge < -0.3 is 9.15 Å². The molecule has 2 atom stereocenters. The summed E-state index contributed by atoms with van der Waals surface area (Å²) in [5.74, 6) is 0.715. The summed E-state index contributed by atoms with van der Waals surface area (Å²) in [5.41, 5.74) is 5.02. The van der Waals surface area contributed by atoms with E-state index in [9.17, 15) is 4.79 Å². The number of nitrogens with zero attached hydrogens (tertiary/aromatic N) is 1. The molecule has 0 aliphatic carbocycles. The number of fused-ring (bicyclic) bond motifs is 5. The molecule has 4 aromatic rings. The number of benzene rings is 3. The maximum absolute atomic E-state index is 13.6. The molecule has 0 N–H and O–H groups in total. The fourth-order valence-electron chi connectivity index (χ4n) is 4.39. The molecule has 6 rings (SSSR count). The molecule has 6 heteroatoms. The van der Waals surface area contributed by atoms with Gasteiger partial charge in [0, 0.05) is 21.0 Å². The first-order valence-electron chi connectivity index (χ1n) is 10.4. The van der Waals surface area contributed by atoms with E-state index < -0.39 is 0 Å². The second kappa shape index (κ2) is 7.54. The van der Waals surface area contributed by atoms with Crippen molar-refractivity contribution in [1.82, 2.24) is 0 Å². The highest BCUT2D eigenvalue weighted by atomic mass is 35.5. The van der Waals surface area contributed by atoms with Crippen LogP contribution in [0.3, 0.4) is 0 Å². The van der Waals surface area contributed by atoms with Gasteiger partial charge in [-0.3, -0.25) is 9.79 Å². The standard InChI is InChI=1S/C26H18ClNO3S/c1-14-6-8-21-16(10-14)24-18(12-30-21)26(32-23-5-3-2-4-20(23)28-24)19-13-31-22-9-7-15(27)11-17(22)25(19)29/h2-11,13,18,26H,12H2,1H3/t18-,26-/m0/s1. The largest absolute Gasteiger partial charge is 0.492 e. The lowest BCUT2D eigenvalue weighted by Gasteiger charge is -2.31. The number of halogens is 1. The first-order chi connectivity index (χ1) is 15.6. The Morgan fingerprint density at radius 2 is 1.97 bits per heavy atom. The highest BCUT2D eigenvalue weighted by molar-refractivity contribution is 7.99. The second-order valence-corrected chi connectivity index (χ2v) is 9.70. The summed E-state index contributed by atoms with van der Waals surface area (Å²) >= 11 is 7.81. The Bertz CT molecular complexity index is 1480. The Hall–Kier alpha value is -3.02. The van der Waals surface area contributed by atoms with Crippen LogP contribution in [-0.2, 0) is 0 Å². The van der Waals surface area contributed by atoms with Gasteiger partial charge in [0.05, 0.1) is 40.8 Å². The fraction of sp³-hybridized carbons (Fsp3) is 0.154. The molecule has 158 valence electrons. The van der Waals surface area contributed by atoms with E-state index in [1.165, 1.54) is 0 Å². The highest BCUT2D eigenvalue weighted by Gasteiger charge is 2.38. The topological polar surface area (TPSA) is 51.8 Å². The van der Waals surface area contributed by atoms with Crippen molar-refractivity contribution in [3.8, 4) is 5.75 Å². The lowest BCUT2D eigenvalue weighted by Crippen LogP contribution is -2.33. The second-order valence-electron chi connectivity index (χ2n) is 8.08. The maximum atomic E-state index is 13.6. The number of ether oxygens (including phenoxy) is 1. The van der Waals surface area contributed by atoms with Crippen LogP contribution in [0.5, 0.6) is 5.75 Å². The molecule has 2 aliphatic rings. The summed E-state index contributed by atoms with van der Waals surface area (Å²) in [4.78, 5) is 19.7. The summed E-state index contributed by atoms with van der Waals surface area (Å²) in [5, 5.41) is 0.777. The van der Waals surface area contributed by atoms with E-state index in [2.05, 4.69) is 13.0 Å². The van der Waals surface area contributed by atoms with Gasteiger partial charge in [-0.25, -0.2) is 0 Å². The smallest absolute Gasteiger partial charge is 0.197 e. The molecule has 0 spiro atoms. The van der Waals surface area contributed by atoms with Crippen LogP contribution in [0.4, 0.5) is 5.69 Å². The van der Waals surface area contributed by atoms with Crippen molar-refractivity contribution in [2.24, 2.45) is 10.9 Å². The highest BCUT2D eigenvalue weighted by Crippen LogP contribution is 2.50. The lowest BCUT2D eigenvalue weighted by molar-refractivity contribution is 0.271. The molecule has 3 aromatic carbocycles. The average molecular weight is 460 g/mol. The number of aryl methyl sites for hydroxylation is 1. The van der Waals surface area contributed by atoms with Gasteiger partial charge in [-0.15, -0.1) is 11.8 Å². The zero-order valence-electron chi connectivity index (χ0n) is 17.2. The van der Waals surface area contributed by atoms with Crippen molar-refractivity contribution in [1.29, 1.82) is 0 Å². The van der Waals surface area contributed by atoms with E-state index in [0.717, 1.165) is 33.2 Å². The Labute approximate surface area is 193 Å². The predicted octanol–water partition coefficient (Wildman–Crippen LogP) is 6.73. The number of hydrogen-bond donors (Lipinski definition) is 0. The van der Waals surface area contributed by atoms with Crippen LogP contribution in [0.15, 0.2) is 86.0 Å². The van der Waals surface area contributed by atoms with E-state index in [1.807, 2.05) is 36.4 Å². The van der Waals surface area contributed by atoms with Crippen LogP contribution in [0.25, 0.3) is 11.0 Å². The zero-order chi connectivity index (χ0) is 21.8. The van der Waals surface area contributed by atoms with E-state index in [4.69, 9.17) is 25.7 Å². The van der Waals surface area contributed by atoms with Gasteiger partial charge in [-0.05, 0) is 49.4 Å². The number of thioether (sulfide) groups is 1. The third-order valence-electron chi connectivity index (χ3n) is 5.97. The van der Waals surface area contributed by atoms with E-state index >= 15 is 0 Å². The minimum Gasteiger partial charge on any atom is -0.492 e. The van der Waals surface area contributed by atoms with Gasteiger partial charge in [0.15, 0.2) is 5.43 Å². The molecule has 1 aromatic heterocycles. The minimum atomic E-state index is -0.217. The first kappa shape index (κ1) is 19.6. The van der Waals surface area contributed by atoms with Gasteiger partial charge in [-0.2, -0.15) is 0 Å². The van der Waals surface area contributed by atoms with Crippen molar-refractivity contribution in [3.63, 3.8) is 0 Å². The molecule has 0 saturated heterocycles. The molecule has 0 unspecified atom stereocenters. The summed E-state index contributed by atoms with van der Waals surface area (Å²) in [7, 11) is 0. The number of hydrogen-bond acceptors (Lipinski definition) is 5. The van der Waals surface area contributed by atoms with Crippen molar-refractivity contribution in [3.05, 3.63) is 98.9 Å². The third-order valence-corrected chi connectivity index (χ3v) is 7.64. The first-order valence-corrected chi connectivity index (χ1v) is 11.6. The van der Waals surface area contributed by atoms with Crippen molar-refractivity contribution >= 4 is 45.7 Å². The molecule has 32 heavy (non-hydrogen) atoms. The molecular formula is C26H18ClNO3S. The van der Waals surface area contributed by atoms with E-state index in [1.54, 1.807) is 36.2 Å². The normalized spacial score (nSPS) is 19.2. The van der Waals surface area contributed by atoms with Crippen molar-refractivity contribution < 1.29 is 9.15 Å². The molecular weight excluding hydrogens is 442 g/mol. The van der Waals surface area contributed by atoms with E-state index in [0.29, 0.717) is 28.2 Å². The Morgan fingerprint density at radius 3 is 2.88 bits per heavy atom. The summed E-state index contributed by atoms with van der Waals surface area (Å²) in [6.07, 6.45) is 1.59. The third kappa shape index (κ3) is 3.15. The van der Waals surface area contributed by atoms with Crippen LogP contribution < -0.4 is 10.2 Å². The van der Waals surface area contributed by atoms with Crippen LogP contribution in [0.1, 0.15) is 21.9 Å². The fourth-order valence-corrected chi connectivity index (χ4v) is 5.89. The van der Waals surface area contributed by atoms with E-state index in [-0.39, 0.29) is 16.6 Å². The van der Waals surface area contributed by atoms with Crippen molar-refractivity contribution in [2.45, 2.75) is 17.1 Å². The molecule has 0 saturated carbocycles. The molecule has 4 nitrogen and oxygen atoms in total. The zero-order valence-corrected chi connectivity index (χ0v) is 18.7. The number of rotatable bonds is 1. The van der Waals surface area contributed by atoms with Gasteiger partial charge >= 0.3 is 0 Å². The molecule has 3 heterocycles.